The third-order valence-corrected chi connectivity index (χ3v) is 6.46. The molecule has 1 heterocycles. The summed E-state index contributed by atoms with van der Waals surface area (Å²) in [7, 11) is 0. The van der Waals surface area contributed by atoms with E-state index in [4.69, 9.17) is 0 Å². The summed E-state index contributed by atoms with van der Waals surface area (Å²) in [6.45, 7) is 0. The molecule has 0 aliphatic carbocycles. The van der Waals surface area contributed by atoms with E-state index in [0.29, 0.717) is 11.8 Å². The van der Waals surface area contributed by atoms with Crippen LogP contribution in [-0.4, -0.2) is 11.3 Å². The number of halogens is 6. The van der Waals surface area contributed by atoms with Gasteiger partial charge in [-0.25, -0.2) is 13.2 Å². The molecule has 0 saturated carbocycles. The fraction of sp³-hybridized carbons (Fsp3) is 0.125. The summed E-state index contributed by atoms with van der Waals surface area (Å²) in [5.74, 6) is -3.47. The van der Waals surface area contributed by atoms with Crippen molar-refractivity contribution in [2.45, 2.75) is 12.1 Å². The molecule has 0 fully saturated rings. The van der Waals surface area contributed by atoms with Crippen molar-refractivity contribution in [2.75, 3.05) is 0 Å². The minimum atomic E-state index is -5.04. The van der Waals surface area contributed by atoms with E-state index in [2.05, 4.69) is 0 Å². The number of thioether (sulfide) groups is 1. The van der Waals surface area contributed by atoms with E-state index in [1.54, 1.807) is 0 Å². The van der Waals surface area contributed by atoms with Gasteiger partial charge in [0.15, 0.2) is 5.41 Å². The van der Waals surface area contributed by atoms with Gasteiger partial charge in [0.2, 0.25) is 5.12 Å². The normalized spacial score (nSPS) is 18.8. The number of allylic oxidation sites excluding steroid dienone is 1. The van der Waals surface area contributed by atoms with Crippen LogP contribution in [0.1, 0.15) is 22.6 Å². The fourth-order valence-corrected chi connectivity index (χ4v) is 4.99. The van der Waals surface area contributed by atoms with E-state index in [9.17, 15) is 31.1 Å². The third kappa shape index (κ3) is 3.83. The Morgan fingerprint density at radius 3 is 1.50 bits per heavy atom. The summed E-state index contributed by atoms with van der Waals surface area (Å²) in [5, 5.41) is -1.18. The maximum absolute atomic E-state index is 14.7. The summed E-state index contributed by atoms with van der Waals surface area (Å²) in [5.41, 5.74) is -2.66. The van der Waals surface area contributed by atoms with Crippen LogP contribution < -0.4 is 0 Å². The van der Waals surface area contributed by atoms with Crippen molar-refractivity contribution in [3.05, 3.63) is 113 Å². The minimum absolute atomic E-state index is 0.0292. The molecule has 0 bridgehead atoms. The van der Waals surface area contributed by atoms with Crippen molar-refractivity contribution < 1.29 is 31.1 Å². The number of carbonyl (C=O) groups excluding carboxylic acids is 1. The van der Waals surface area contributed by atoms with Gasteiger partial charge in [0.25, 0.3) is 0 Å². The Bertz CT molecular complexity index is 1120. The van der Waals surface area contributed by atoms with Gasteiger partial charge in [-0.1, -0.05) is 48.2 Å². The Balaban J connectivity index is 1.97. The fourth-order valence-electron chi connectivity index (χ4n) is 3.83. The average Bonchev–Trinajstić information content (AvgIpc) is 3.10. The molecule has 1 unspecified atom stereocenters. The first kappa shape index (κ1) is 22.2. The summed E-state index contributed by atoms with van der Waals surface area (Å²) < 4.78 is 84.5. The minimum Gasteiger partial charge on any atom is -0.285 e. The van der Waals surface area contributed by atoms with Crippen molar-refractivity contribution in [1.82, 2.24) is 0 Å². The second-order valence-corrected chi connectivity index (χ2v) is 8.32. The van der Waals surface area contributed by atoms with Crippen LogP contribution in [0, 0.1) is 22.9 Å². The monoisotopic (exact) mass is 464 g/mol. The van der Waals surface area contributed by atoms with Gasteiger partial charge in [0.05, 0.1) is 0 Å². The van der Waals surface area contributed by atoms with Crippen molar-refractivity contribution in [2.24, 2.45) is 5.41 Å². The highest BCUT2D eigenvalue weighted by Crippen LogP contribution is 2.61. The Kier molecular flexibility index (Phi) is 5.67. The number of hydrogen-bond acceptors (Lipinski definition) is 2. The molecule has 1 nitrogen and oxygen atoms in total. The number of rotatable bonds is 4. The smallest absolute Gasteiger partial charge is 0.285 e. The number of carbonyl (C=O) groups is 1. The van der Waals surface area contributed by atoms with E-state index in [0.717, 1.165) is 42.5 Å². The van der Waals surface area contributed by atoms with Crippen LogP contribution in [0.25, 0.3) is 4.91 Å². The topological polar surface area (TPSA) is 17.1 Å². The highest BCUT2D eigenvalue weighted by atomic mass is 32.2. The molecule has 0 aromatic heterocycles. The van der Waals surface area contributed by atoms with Crippen molar-refractivity contribution in [3.63, 3.8) is 0 Å². The molecule has 0 spiro atoms. The second kappa shape index (κ2) is 8.16. The Morgan fingerprint density at radius 1 is 0.688 bits per heavy atom. The van der Waals surface area contributed by atoms with Gasteiger partial charge in [-0.3, -0.25) is 4.79 Å². The van der Waals surface area contributed by atoms with Gasteiger partial charge in [-0.05, 0) is 59.2 Å². The van der Waals surface area contributed by atoms with Gasteiger partial charge in [0, 0.05) is 10.8 Å². The third-order valence-electron chi connectivity index (χ3n) is 5.36. The van der Waals surface area contributed by atoms with Crippen molar-refractivity contribution in [1.29, 1.82) is 0 Å². The van der Waals surface area contributed by atoms with Gasteiger partial charge in [0.1, 0.15) is 17.5 Å². The van der Waals surface area contributed by atoms with Crippen molar-refractivity contribution >= 4 is 21.8 Å². The first-order chi connectivity index (χ1) is 15.1. The highest BCUT2D eigenvalue weighted by Gasteiger charge is 2.66. The molecule has 1 atom stereocenters. The van der Waals surface area contributed by atoms with Gasteiger partial charge in [-0.2, -0.15) is 13.2 Å². The molecule has 164 valence electrons. The number of benzene rings is 3. The van der Waals surface area contributed by atoms with Crippen LogP contribution in [0.3, 0.4) is 0 Å². The Morgan fingerprint density at radius 2 is 1.09 bits per heavy atom. The number of hydrogen-bond donors (Lipinski definition) is 0. The van der Waals surface area contributed by atoms with E-state index < -0.39 is 40.1 Å². The van der Waals surface area contributed by atoms with Crippen LogP contribution in [0.2, 0.25) is 0 Å². The molecule has 1 aliphatic heterocycles. The lowest BCUT2D eigenvalue weighted by Gasteiger charge is -2.36. The van der Waals surface area contributed by atoms with Gasteiger partial charge >= 0.3 is 6.18 Å². The molecule has 0 radical (unpaired) electrons. The molecule has 32 heavy (non-hydrogen) atoms. The first-order valence-corrected chi connectivity index (χ1v) is 10.2. The summed E-state index contributed by atoms with van der Waals surface area (Å²) in [4.78, 5) is 13.1. The molecule has 3 aromatic rings. The van der Waals surface area contributed by atoms with E-state index in [-0.39, 0.29) is 21.6 Å². The van der Waals surface area contributed by atoms with E-state index in [1.165, 1.54) is 36.4 Å². The Hall–Kier alpha value is -3.00. The SMILES string of the molecule is O=C1SC(c2ccc(F)cc2)=CC1(C(c1ccc(F)cc1)c1ccc(F)cc1)C(F)(F)F. The molecule has 1 aliphatic rings. The molecular weight excluding hydrogens is 450 g/mol. The lowest BCUT2D eigenvalue weighted by molar-refractivity contribution is -0.204. The van der Waals surface area contributed by atoms with Crippen LogP contribution >= 0.6 is 11.8 Å². The zero-order valence-electron chi connectivity index (χ0n) is 16.2. The molecule has 4 rings (SSSR count). The lowest BCUT2D eigenvalue weighted by atomic mass is 9.68. The van der Waals surface area contributed by atoms with Crippen LogP contribution in [0.4, 0.5) is 26.3 Å². The second-order valence-electron chi connectivity index (χ2n) is 7.31. The lowest BCUT2D eigenvalue weighted by Crippen LogP contribution is -2.46. The summed E-state index contributed by atoms with van der Waals surface area (Å²) in [6, 6.07) is 13.5. The maximum atomic E-state index is 14.7. The first-order valence-electron chi connectivity index (χ1n) is 9.40. The molecule has 8 heteroatoms. The summed E-state index contributed by atoms with van der Waals surface area (Å²) in [6.07, 6.45) is -4.20. The zero-order chi connectivity index (χ0) is 23.1. The van der Waals surface area contributed by atoms with Gasteiger partial charge in [-0.15, -0.1) is 0 Å². The molecule has 0 saturated heterocycles. The predicted octanol–water partition coefficient (Wildman–Crippen LogP) is 7.10. The Labute approximate surface area is 183 Å². The van der Waals surface area contributed by atoms with Crippen LogP contribution in [-0.2, 0) is 4.79 Å². The van der Waals surface area contributed by atoms with E-state index >= 15 is 0 Å². The zero-order valence-corrected chi connectivity index (χ0v) is 17.0. The molecule has 0 amide bonds. The predicted molar refractivity (Wildman–Crippen MR) is 110 cm³/mol. The standard InChI is InChI=1S/C24H14F6OS/c25-17-7-1-14(2-8-17)20-13-23(22(31)32-20,24(28,29)30)21(15-3-9-18(26)10-4-15)16-5-11-19(27)12-6-16/h1-13,21H. The van der Waals surface area contributed by atoms with Crippen molar-refractivity contribution in [3.8, 4) is 0 Å². The average molecular weight is 464 g/mol. The highest BCUT2D eigenvalue weighted by molar-refractivity contribution is 8.22. The van der Waals surface area contributed by atoms with Crippen LogP contribution in [0.5, 0.6) is 0 Å². The van der Waals surface area contributed by atoms with E-state index in [1.807, 2.05) is 0 Å². The maximum Gasteiger partial charge on any atom is 0.406 e. The number of alkyl halides is 3. The van der Waals surface area contributed by atoms with Crippen LogP contribution in [0.15, 0.2) is 78.9 Å². The quantitative estimate of drug-likeness (QED) is 0.383. The summed E-state index contributed by atoms with van der Waals surface area (Å²) >= 11 is 0.414. The molecule has 0 N–H and O–H groups in total. The molecular formula is C24H14F6OS. The largest absolute Gasteiger partial charge is 0.406 e. The van der Waals surface area contributed by atoms with Gasteiger partial charge < -0.3 is 0 Å². The molecule has 3 aromatic carbocycles.